The Kier molecular flexibility index (Phi) is 9.20. The zero-order chi connectivity index (χ0) is 16.7. The highest BCUT2D eigenvalue weighted by molar-refractivity contribution is 14.0. The molecule has 24 heavy (non-hydrogen) atoms. The smallest absolute Gasteiger partial charge is 0.191 e. The highest BCUT2D eigenvalue weighted by atomic mass is 127. The molecule has 1 aromatic heterocycles. The van der Waals surface area contributed by atoms with E-state index in [1.165, 1.54) is 10.9 Å². The van der Waals surface area contributed by atoms with E-state index in [1.54, 1.807) is 23.5 Å². The van der Waals surface area contributed by atoms with Crippen LogP contribution in [-0.2, 0) is 13.0 Å². The van der Waals surface area contributed by atoms with Gasteiger partial charge in [-0.05, 0) is 26.8 Å². The maximum Gasteiger partial charge on any atom is 0.191 e. The predicted octanol–water partition coefficient (Wildman–Crippen LogP) is 3.81. The summed E-state index contributed by atoms with van der Waals surface area (Å²) in [6.07, 6.45) is 0.904. The van der Waals surface area contributed by atoms with Crippen molar-refractivity contribution >= 4 is 41.3 Å². The first-order valence-corrected chi connectivity index (χ1v) is 8.60. The van der Waals surface area contributed by atoms with E-state index in [0.717, 1.165) is 30.2 Å². The molecule has 0 saturated carbocycles. The van der Waals surface area contributed by atoms with Crippen LogP contribution in [0.2, 0.25) is 0 Å². The van der Waals surface area contributed by atoms with Crippen molar-refractivity contribution in [2.75, 3.05) is 13.1 Å². The van der Waals surface area contributed by atoms with Crippen molar-refractivity contribution in [3.8, 4) is 0 Å². The molecule has 0 fully saturated rings. The van der Waals surface area contributed by atoms with E-state index in [1.807, 2.05) is 26.8 Å². The van der Waals surface area contributed by atoms with Crippen LogP contribution in [0.4, 0.5) is 4.39 Å². The summed E-state index contributed by atoms with van der Waals surface area (Å²) in [5.74, 6) is 0.484. The van der Waals surface area contributed by atoms with E-state index >= 15 is 0 Å². The van der Waals surface area contributed by atoms with Crippen LogP contribution in [0.15, 0.2) is 29.3 Å². The van der Waals surface area contributed by atoms with Crippen LogP contribution < -0.4 is 10.6 Å². The van der Waals surface area contributed by atoms with Gasteiger partial charge in [-0.25, -0.2) is 14.4 Å². The minimum absolute atomic E-state index is 0. The zero-order valence-electron chi connectivity index (χ0n) is 14.2. The maximum absolute atomic E-state index is 13.6. The van der Waals surface area contributed by atoms with E-state index in [2.05, 4.69) is 20.6 Å². The average molecular weight is 462 g/mol. The number of hydrogen-bond acceptors (Lipinski definition) is 3. The number of thiazole rings is 1. The summed E-state index contributed by atoms with van der Waals surface area (Å²) in [6, 6.07) is 6.72. The fraction of sp³-hybridized carbons (Fsp3) is 0.412. The molecule has 2 N–H and O–H groups in total. The minimum Gasteiger partial charge on any atom is -0.357 e. The summed E-state index contributed by atoms with van der Waals surface area (Å²) in [4.78, 5) is 10.2. The number of halogens is 2. The molecule has 0 spiro atoms. The summed E-state index contributed by atoms with van der Waals surface area (Å²) in [6.45, 7) is 7.93. The lowest BCUT2D eigenvalue weighted by Crippen LogP contribution is -2.38. The van der Waals surface area contributed by atoms with Gasteiger partial charge in [-0.3, -0.25) is 0 Å². The van der Waals surface area contributed by atoms with Crippen molar-refractivity contribution in [1.82, 2.24) is 15.6 Å². The summed E-state index contributed by atoms with van der Waals surface area (Å²) < 4.78 is 13.6. The molecule has 2 rings (SSSR count). The Balaban J connectivity index is 0.00000288. The van der Waals surface area contributed by atoms with Gasteiger partial charge < -0.3 is 10.6 Å². The third-order valence-corrected chi connectivity index (χ3v) is 4.49. The number of nitrogens with zero attached hydrogens (tertiary/aromatic N) is 2. The number of aliphatic imine (C=N–C) groups is 1. The van der Waals surface area contributed by atoms with Gasteiger partial charge in [0.05, 0.1) is 17.2 Å². The quantitative estimate of drug-likeness (QED) is 0.390. The first-order valence-electron chi connectivity index (χ1n) is 7.78. The molecule has 1 aromatic carbocycles. The normalized spacial score (nSPS) is 11.1. The predicted molar refractivity (Wildman–Crippen MR) is 110 cm³/mol. The standard InChI is InChI=1S/C17H23FN4S.HI/c1-4-19-17(21-11-14-7-5-6-8-15(14)18)20-10-9-16-12(2)22-13(3)23-16;/h5-8H,4,9-11H2,1-3H3,(H2,19,20,21);1H. The van der Waals surface area contributed by atoms with Gasteiger partial charge in [-0.1, -0.05) is 18.2 Å². The van der Waals surface area contributed by atoms with Crippen LogP contribution in [0.1, 0.15) is 28.1 Å². The lowest BCUT2D eigenvalue weighted by atomic mass is 10.2. The first kappa shape index (κ1) is 20.8. The van der Waals surface area contributed by atoms with E-state index in [4.69, 9.17) is 0 Å². The molecule has 4 nitrogen and oxygen atoms in total. The number of aryl methyl sites for hydroxylation is 2. The summed E-state index contributed by atoms with van der Waals surface area (Å²) in [7, 11) is 0. The van der Waals surface area contributed by atoms with E-state index < -0.39 is 0 Å². The first-order chi connectivity index (χ1) is 11.1. The molecular weight excluding hydrogens is 438 g/mol. The van der Waals surface area contributed by atoms with Crippen molar-refractivity contribution in [3.63, 3.8) is 0 Å². The van der Waals surface area contributed by atoms with E-state index in [9.17, 15) is 4.39 Å². The zero-order valence-corrected chi connectivity index (χ0v) is 17.4. The van der Waals surface area contributed by atoms with Crippen molar-refractivity contribution < 1.29 is 4.39 Å². The number of rotatable bonds is 6. The highest BCUT2D eigenvalue weighted by Gasteiger charge is 2.05. The molecule has 0 saturated heterocycles. The molecule has 0 bridgehead atoms. The van der Waals surface area contributed by atoms with Gasteiger partial charge in [0.25, 0.3) is 0 Å². The molecule has 0 aliphatic heterocycles. The van der Waals surface area contributed by atoms with Gasteiger partial charge in [0, 0.05) is 30.0 Å². The molecule has 0 unspecified atom stereocenters. The molecule has 1 heterocycles. The van der Waals surface area contributed by atoms with E-state index in [-0.39, 0.29) is 29.8 Å². The van der Waals surface area contributed by atoms with Gasteiger partial charge in [-0.15, -0.1) is 35.3 Å². The van der Waals surface area contributed by atoms with Gasteiger partial charge >= 0.3 is 0 Å². The Morgan fingerprint density at radius 1 is 1.25 bits per heavy atom. The molecule has 132 valence electrons. The van der Waals surface area contributed by atoms with Gasteiger partial charge in [-0.2, -0.15) is 0 Å². The van der Waals surface area contributed by atoms with Crippen LogP contribution >= 0.6 is 35.3 Å². The second-order valence-corrected chi connectivity index (χ2v) is 6.49. The molecule has 0 aliphatic rings. The molecule has 2 aromatic rings. The molecule has 0 radical (unpaired) electrons. The third kappa shape index (κ3) is 6.35. The Labute approximate surface area is 164 Å². The summed E-state index contributed by atoms with van der Waals surface area (Å²) in [5.41, 5.74) is 1.70. The lowest BCUT2D eigenvalue weighted by molar-refractivity contribution is 0.610. The number of hydrogen-bond donors (Lipinski definition) is 2. The van der Waals surface area contributed by atoms with Gasteiger partial charge in [0.15, 0.2) is 5.96 Å². The fourth-order valence-corrected chi connectivity index (χ4v) is 3.17. The monoisotopic (exact) mass is 462 g/mol. The molecule has 0 amide bonds. The molecule has 0 atom stereocenters. The highest BCUT2D eigenvalue weighted by Crippen LogP contribution is 2.17. The van der Waals surface area contributed by atoms with E-state index in [0.29, 0.717) is 18.1 Å². The Bertz CT molecular complexity index is 672. The van der Waals surface area contributed by atoms with Crippen molar-refractivity contribution in [1.29, 1.82) is 0 Å². The average Bonchev–Trinajstić information content (AvgIpc) is 2.84. The van der Waals surface area contributed by atoms with Crippen molar-refractivity contribution in [2.45, 2.75) is 33.7 Å². The second kappa shape index (κ2) is 10.6. The summed E-state index contributed by atoms with van der Waals surface area (Å²) >= 11 is 1.73. The number of guanidine groups is 1. The van der Waals surface area contributed by atoms with Crippen LogP contribution in [0, 0.1) is 19.7 Å². The minimum atomic E-state index is -0.220. The van der Waals surface area contributed by atoms with Crippen LogP contribution in [0.3, 0.4) is 0 Å². The molecule has 7 heteroatoms. The molecule has 0 aliphatic carbocycles. The van der Waals surface area contributed by atoms with Crippen LogP contribution in [-0.4, -0.2) is 24.0 Å². The van der Waals surface area contributed by atoms with Gasteiger partial charge in [0.2, 0.25) is 0 Å². The summed E-state index contributed by atoms with van der Waals surface area (Å²) in [5, 5.41) is 7.57. The SMILES string of the molecule is CCNC(=NCc1ccccc1F)NCCc1sc(C)nc1C.I. The Morgan fingerprint density at radius 2 is 2.00 bits per heavy atom. The van der Waals surface area contributed by atoms with Gasteiger partial charge in [0.1, 0.15) is 5.82 Å². The molecular formula is C17H24FIN4S. The largest absolute Gasteiger partial charge is 0.357 e. The van der Waals surface area contributed by atoms with Crippen molar-refractivity contribution in [3.05, 3.63) is 51.2 Å². The number of nitrogens with one attached hydrogen (secondary N) is 2. The second-order valence-electron chi connectivity index (χ2n) is 5.20. The van der Waals surface area contributed by atoms with Crippen molar-refractivity contribution in [2.24, 2.45) is 4.99 Å². The topological polar surface area (TPSA) is 49.3 Å². The Hall–Kier alpha value is -1.22. The Morgan fingerprint density at radius 3 is 2.62 bits per heavy atom. The van der Waals surface area contributed by atoms with Crippen LogP contribution in [0.5, 0.6) is 0 Å². The fourth-order valence-electron chi connectivity index (χ4n) is 2.23. The third-order valence-electron chi connectivity index (χ3n) is 3.35. The lowest BCUT2D eigenvalue weighted by Gasteiger charge is -2.11. The number of aromatic nitrogens is 1. The number of benzene rings is 1. The van der Waals surface area contributed by atoms with Crippen LogP contribution in [0.25, 0.3) is 0 Å². The maximum atomic E-state index is 13.6.